The molecule has 140 valence electrons. The van der Waals surface area contributed by atoms with Crippen LogP contribution in [0.5, 0.6) is 5.75 Å². The molecule has 1 N–H and O–H groups in total. The highest BCUT2D eigenvalue weighted by Crippen LogP contribution is 2.32. The molecule has 0 atom stereocenters. The highest BCUT2D eigenvalue weighted by molar-refractivity contribution is 6.96. The second-order valence-corrected chi connectivity index (χ2v) is 12.3. The molecule has 0 fully saturated rings. The third-order valence-corrected chi connectivity index (χ3v) is 10.0. The summed E-state index contributed by atoms with van der Waals surface area (Å²) in [5, 5.41) is 12.5. The van der Waals surface area contributed by atoms with Crippen molar-refractivity contribution in [2.45, 2.75) is 38.8 Å². The summed E-state index contributed by atoms with van der Waals surface area (Å²) in [6.45, 7) is 8.90. The highest BCUT2D eigenvalue weighted by Gasteiger charge is 2.37. The fraction of sp³-hybridized carbons (Fsp3) is 0.231. The van der Waals surface area contributed by atoms with E-state index in [4.69, 9.17) is 0 Å². The van der Waals surface area contributed by atoms with Crippen molar-refractivity contribution in [1.29, 1.82) is 0 Å². The molecular formula is C26H26OSi. The van der Waals surface area contributed by atoms with Crippen molar-refractivity contribution in [3.63, 3.8) is 0 Å². The number of hydrogen-bond acceptors (Lipinski definition) is 1. The monoisotopic (exact) mass is 382 g/mol. The third-order valence-electron chi connectivity index (χ3n) is 5.32. The van der Waals surface area contributed by atoms with E-state index in [9.17, 15) is 5.11 Å². The fourth-order valence-electron chi connectivity index (χ4n) is 3.53. The molecule has 0 saturated carbocycles. The van der Waals surface area contributed by atoms with Crippen LogP contribution in [0.4, 0.5) is 0 Å². The maximum absolute atomic E-state index is 10.1. The van der Waals surface area contributed by atoms with Crippen molar-refractivity contribution in [3.05, 3.63) is 77.9 Å². The van der Waals surface area contributed by atoms with E-state index in [-0.39, 0.29) is 5.75 Å². The summed E-state index contributed by atoms with van der Waals surface area (Å²) in [5.41, 5.74) is 9.72. The number of benzene rings is 3. The zero-order valence-corrected chi connectivity index (χ0v) is 18.0. The zero-order valence-electron chi connectivity index (χ0n) is 17.0. The summed E-state index contributed by atoms with van der Waals surface area (Å²) in [6.07, 6.45) is 0. The number of hydrogen-bond donors (Lipinski definition) is 1. The molecular weight excluding hydrogens is 356 g/mol. The first-order valence-corrected chi connectivity index (χ1v) is 11.9. The Morgan fingerprint density at radius 3 is 1.89 bits per heavy atom. The van der Waals surface area contributed by atoms with E-state index >= 15 is 0 Å². The van der Waals surface area contributed by atoms with Crippen LogP contribution in [0.25, 0.3) is 10.8 Å². The van der Waals surface area contributed by atoms with Gasteiger partial charge in [0.05, 0.1) is 5.56 Å². The summed E-state index contributed by atoms with van der Waals surface area (Å²) < 4.78 is 0. The summed E-state index contributed by atoms with van der Waals surface area (Å²) in [6, 6.07) is 21.9. The van der Waals surface area contributed by atoms with Crippen molar-refractivity contribution in [2.75, 3.05) is 0 Å². The van der Waals surface area contributed by atoms with Gasteiger partial charge in [0.1, 0.15) is 5.75 Å². The average Bonchev–Trinajstić information content (AvgIpc) is 2.69. The molecule has 1 nitrogen and oxygen atoms in total. The Labute approximate surface area is 169 Å². The Hall–Kier alpha value is -2.94. The van der Waals surface area contributed by atoms with Gasteiger partial charge in [-0.2, -0.15) is 0 Å². The van der Waals surface area contributed by atoms with Gasteiger partial charge < -0.3 is 5.11 Å². The zero-order chi connectivity index (χ0) is 20.1. The molecule has 0 bridgehead atoms. The second kappa shape index (κ2) is 8.38. The Kier molecular flexibility index (Phi) is 5.93. The number of aromatic hydroxyl groups is 1. The molecule has 0 amide bonds. The lowest BCUT2D eigenvalue weighted by atomic mass is 10.1. The predicted molar refractivity (Wildman–Crippen MR) is 122 cm³/mol. The van der Waals surface area contributed by atoms with Crippen LogP contribution in [-0.2, 0) is 0 Å². The van der Waals surface area contributed by atoms with E-state index in [1.807, 2.05) is 18.2 Å². The molecule has 0 aromatic heterocycles. The molecule has 0 aliphatic carbocycles. The van der Waals surface area contributed by atoms with Gasteiger partial charge in [-0.25, -0.2) is 0 Å². The van der Waals surface area contributed by atoms with Crippen LogP contribution < -0.4 is 0 Å². The Bertz CT molecular complexity index is 1090. The van der Waals surface area contributed by atoms with E-state index in [1.54, 1.807) is 6.07 Å². The lowest BCUT2D eigenvalue weighted by Crippen LogP contribution is -2.39. The molecule has 3 aromatic carbocycles. The first-order chi connectivity index (χ1) is 13.4. The minimum Gasteiger partial charge on any atom is -0.507 e. The molecule has 0 spiro atoms. The normalized spacial score (nSPS) is 11.1. The molecule has 3 rings (SSSR count). The molecule has 28 heavy (non-hydrogen) atoms. The van der Waals surface area contributed by atoms with Crippen molar-refractivity contribution in [1.82, 2.24) is 0 Å². The summed E-state index contributed by atoms with van der Waals surface area (Å²) in [7, 11) is -2.26. The maximum atomic E-state index is 10.1. The molecule has 0 unspecified atom stereocenters. The van der Waals surface area contributed by atoms with E-state index in [2.05, 4.69) is 93.1 Å². The Balaban J connectivity index is 2.13. The first-order valence-electron chi connectivity index (χ1n) is 9.76. The van der Waals surface area contributed by atoms with Gasteiger partial charge in [0.25, 0.3) is 0 Å². The molecule has 2 heteroatoms. The largest absolute Gasteiger partial charge is 0.507 e. The topological polar surface area (TPSA) is 20.2 Å². The second-order valence-electron chi connectivity index (χ2n) is 7.72. The van der Waals surface area contributed by atoms with Crippen LogP contribution in [0.3, 0.4) is 0 Å². The van der Waals surface area contributed by atoms with E-state index in [0.29, 0.717) is 16.6 Å². The number of para-hydroxylation sites is 1. The maximum Gasteiger partial charge on any atom is 0.222 e. The van der Waals surface area contributed by atoms with Crippen molar-refractivity contribution in [2.24, 2.45) is 0 Å². The van der Waals surface area contributed by atoms with Gasteiger partial charge in [-0.3, -0.25) is 0 Å². The van der Waals surface area contributed by atoms with Crippen LogP contribution in [0.15, 0.2) is 66.7 Å². The van der Waals surface area contributed by atoms with Gasteiger partial charge >= 0.3 is 0 Å². The number of fused-ring (bicyclic) bond motifs is 1. The summed E-state index contributed by atoms with van der Waals surface area (Å²) >= 11 is 0. The van der Waals surface area contributed by atoms with Crippen molar-refractivity contribution >= 4 is 18.8 Å². The van der Waals surface area contributed by atoms with Gasteiger partial charge in [-0.15, -0.1) is 11.1 Å². The molecule has 0 saturated heterocycles. The van der Waals surface area contributed by atoms with Crippen LogP contribution >= 0.6 is 0 Å². The SMILES string of the molecule is CC(C)[Si](C#Cc1ccccc1O)(C#Cc1cccc2ccccc12)C(C)C. The van der Waals surface area contributed by atoms with E-state index in [0.717, 1.165) is 5.56 Å². The standard InChI is InChI=1S/C26H26OSi/c1-20(2)28(21(3)4,19-17-24-11-6-8-15-26(24)27)18-16-23-13-9-12-22-10-5-7-14-25(22)23/h5-15,20-21,27H,1-4H3. The van der Waals surface area contributed by atoms with Gasteiger partial charge in [0.15, 0.2) is 0 Å². The van der Waals surface area contributed by atoms with E-state index in [1.165, 1.54) is 10.8 Å². The fourth-order valence-corrected chi connectivity index (χ4v) is 6.76. The van der Waals surface area contributed by atoms with E-state index < -0.39 is 8.07 Å². The van der Waals surface area contributed by atoms with Crippen molar-refractivity contribution in [3.8, 4) is 28.7 Å². The third kappa shape index (κ3) is 3.98. The van der Waals surface area contributed by atoms with Crippen LogP contribution in [0.2, 0.25) is 11.1 Å². The van der Waals surface area contributed by atoms with Crippen molar-refractivity contribution < 1.29 is 5.11 Å². The molecule has 3 aromatic rings. The van der Waals surface area contributed by atoms with Crippen LogP contribution in [0, 0.1) is 22.9 Å². The first kappa shape index (κ1) is 19.8. The summed E-state index contributed by atoms with van der Waals surface area (Å²) in [5.74, 6) is 6.97. The molecule has 0 aliphatic rings. The molecule has 0 heterocycles. The van der Waals surface area contributed by atoms with Gasteiger partial charge in [-0.1, -0.05) is 88.1 Å². The number of rotatable bonds is 2. The minimum absolute atomic E-state index is 0.229. The number of phenolic OH excluding ortho intramolecular Hbond substituents is 1. The Morgan fingerprint density at radius 1 is 0.679 bits per heavy atom. The van der Waals surface area contributed by atoms with Gasteiger partial charge in [0, 0.05) is 5.56 Å². The molecule has 0 radical (unpaired) electrons. The van der Waals surface area contributed by atoms with Gasteiger partial charge in [0.2, 0.25) is 8.07 Å². The number of phenols is 1. The Morgan fingerprint density at radius 2 is 1.21 bits per heavy atom. The minimum atomic E-state index is -2.26. The van der Waals surface area contributed by atoms with Crippen LogP contribution in [0.1, 0.15) is 38.8 Å². The van der Waals surface area contributed by atoms with Crippen LogP contribution in [-0.4, -0.2) is 13.2 Å². The predicted octanol–water partition coefficient (Wildman–Crippen LogP) is 6.30. The quantitative estimate of drug-likeness (QED) is 0.407. The smallest absolute Gasteiger partial charge is 0.222 e. The van der Waals surface area contributed by atoms with Gasteiger partial charge in [-0.05, 0) is 40.1 Å². The lowest BCUT2D eigenvalue weighted by molar-refractivity contribution is 0.473. The highest BCUT2D eigenvalue weighted by atomic mass is 28.3. The lowest BCUT2D eigenvalue weighted by Gasteiger charge is -2.28. The summed E-state index contributed by atoms with van der Waals surface area (Å²) in [4.78, 5) is 0. The molecule has 0 aliphatic heterocycles. The average molecular weight is 383 g/mol.